The Hall–Kier alpha value is -2.94. The van der Waals surface area contributed by atoms with E-state index < -0.39 is 15.9 Å². The second-order valence-corrected chi connectivity index (χ2v) is 9.54. The average Bonchev–Trinajstić information content (AvgIpc) is 3.05. The van der Waals surface area contributed by atoms with Crippen molar-refractivity contribution in [1.82, 2.24) is 4.57 Å². The molecule has 4 aromatic rings. The minimum atomic E-state index is -3.69. The maximum Gasteiger partial charge on any atom is 0.279 e. The minimum absolute atomic E-state index is 0.163. The molecule has 1 heterocycles. The van der Waals surface area contributed by atoms with Gasteiger partial charge in [-0.1, -0.05) is 47.2 Å². The van der Waals surface area contributed by atoms with Crippen LogP contribution in [0.25, 0.3) is 10.2 Å². The molecule has 0 unspecified atom stereocenters. The summed E-state index contributed by atoms with van der Waals surface area (Å²) in [7, 11) is -1.89. The van der Waals surface area contributed by atoms with Gasteiger partial charge in [0.1, 0.15) is 0 Å². The summed E-state index contributed by atoms with van der Waals surface area (Å²) < 4.78 is 30.0. The number of nitrogens with one attached hydrogen (secondary N) is 1. The molecule has 3 aromatic carbocycles. The quantitative estimate of drug-likeness (QED) is 0.492. The van der Waals surface area contributed by atoms with Crippen LogP contribution in [0.5, 0.6) is 0 Å². The van der Waals surface area contributed by atoms with E-state index in [-0.39, 0.29) is 4.90 Å². The van der Waals surface area contributed by atoms with Gasteiger partial charge in [0.25, 0.3) is 15.9 Å². The zero-order chi connectivity index (χ0) is 21.3. The van der Waals surface area contributed by atoms with Gasteiger partial charge in [0.2, 0.25) is 0 Å². The number of carbonyl (C=O) groups excluding carboxylic acids is 1. The molecule has 4 rings (SSSR count). The summed E-state index contributed by atoms with van der Waals surface area (Å²) >= 11 is 7.62. The summed E-state index contributed by atoms with van der Waals surface area (Å²) in [5, 5.41) is 0.593. The van der Waals surface area contributed by atoms with Crippen molar-refractivity contribution < 1.29 is 13.2 Å². The summed E-state index contributed by atoms with van der Waals surface area (Å²) in [6.07, 6.45) is 0. The maximum atomic E-state index is 12.6. The standard InChI is InChI=1S/C21H16ClN3O3S2/c1-25-19-17(22)8-5-9-18(19)29-21(25)23-20(26)14-10-12-15(13-11-14)24-30(27,28)16-6-3-2-4-7-16/h2-13,24H,1H3. The molecular weight excluding hydrogens is 442 g/mol. The van der Waals surface area contributed by atoms with Crippen LogP contribution in [0, 0.1) is 0 Å². The van der Waals surface area contributed by atoms with E-state index in [9.17, 15) is 13.2 Å². The first-order valence-electron chi connectivity index (χ1n) is 8.86. The molecule has 0 atom stereocenters. The topological polar surface area (TPSA) is 80.5 Å². The summed E-state index contributed by atoms with van der Waals surface area (Å²) in [5.41, 5.74) is 1.53. The van der Waals surface area contributed by atoms with Crippen molar-refractivity contribution >= 4 is 54.8 Å². The minimum Gasteiger partial charge on any atom is -0.318 e. The second kappa shape index (κ2) is 8.06. The van der Waals surface area contributed by atoms with Crippen molar-refractivity contribution in [3.63, 3.8) is 0 Å². The molecule has 152 valence electrons. The zero-order valence-electron chi connectivity index (χ0n) is 15.7. The molecule has 0 aliphatic heterocycles. The van der Waals surface area contributed by atoms with Gasteiger partial charge < -0.3 is 4.57 Å². The van der Waals surface area contributed by atoms with Crippen LogP contribution in [0.4, 0.5) is 5.69 Å². The molecule has 1 N–H and O–H groups in total. The number of sulfonamides is 1. The summed E-state index contributed by atoms with van der Waals surface area (Å²) in [4.78, 5) is 17.5. The number of amides is 1. The number of hydrogen-bond donors (Lipinski definition) is 1. The number of rotatable bonds is 4. The van der Waals surface area contributed by atoms with E-state index >= 15 is 0 Å². The second-order valence-electron chi connectivity index (χ2n) is 6.44. The van der Waals surface area contributed by atoms with Gasteiger partial charge in [-0.3, -0.25) is 9.52 Å². The van der Waals surface area contributed by atoms with Crippen molar-refractivity contribution in [2.75, 3.05) is 4.72 Å². The third-order valence-corrected chi connectivity index (χ3v) is 7.21. The highest BCUT2D eigenvalue weighted by molar-refractivity contribution is 7.92. The van der Waals surface area contributed by atoms with E-state index in [1.165, 1.54) is 47.7 Å². The maximum absolute atomic E-state index is 12.6. The van der Waals surface area contributed by atoms with Crippen LogP contribution in [-0.2, 0) is 17.1 Å². The van der Waals surface area contributed by atoms with Gasteiger partial charge in [-0.25, -0.2) is 8.42 Å². The Kier molecular flexibility index (Phi) is 5.46. The molecule has 1 amide bonds. The van der Waals surface area contributed by atoms with E-state index in [1.807, 2.05) is 12.1 Å². The number of aryl methyl sites for hydroxylation is 1. The Morgan fingerprint density at radius 3 is 2.37 bits per heavy atom. The number of nitrogens with zero attached hydrogens (tertiary/aromatic N) is 2. The first-order valence-corrected chi connectivity index (χ1v) is 11.5. The number of aromatic nitrogens is 1. The lowest BCUT2D eigenvalue weighted by Crippen LogP contribution is -2.14. The lowest BCUT2D eigenvalue weighted by atomic mass is 10.2. The van der Waals surface area contributed by atoms with Crippen molar-refractivity contribution in [2.45, 2.75) is 4.90 Å². The fraction of sp³-hybridized carbons (Fsp3) is 0.0476. The number of carbonyl (C=O) groups is 1. The van der Waals surface area contributed by atoms with Crippen LogP contribution in [0.2, 0.25) is 5.02 Å². The van der Waals surface area contributed by atoms with Crippen LogP contribution in [0.1, 0.15) is 10.4 Å². The molecule has 0 saturated carbocycles. The Morgan fingerprint density at radius 1 is 1.00 bits per heavy atom. The summed E-state index contributed by atoms with van der Waals surface area (Å²) in [6, 6.07) is 19.8. The molecule has 0 aliphatic carbocycles. The van der Waals surface area contributed by atoms with Gasteiger partial charge in [-0.2, -0.15) is 4.99 Å². The molecule has 0 saturated heterocycles. The van der Waals surface area contributed by atoms with Gasteiger partial charge in [0.15, 0.2) is 4.80 Å². The van der Waals surface area contributed by atoms with Crippen LogP contribution >= 0.6 is 22.9 Å². The van der Waals surface area contributed by atoms with Crippen molar-refractivity contribution in [1.29, 1.82) is 0 Å². The molecule has 0 spiro atoms. The van der Waals surface area contributed by atoms with E-state index in [0.29, 0.717) is 21.1 Å². The van der Waals surface area contributed by atoms with Gasteiger partial charge in [-0.15, -0.1) is 0 Å². The van der Waals surface area contributed by atoms with Crippen LogP contribution in [0.15, 0.2) is 82.7 Å². The van der Waals surface area contributed by atoms with Gasteiger partial charge in [0, 0.05) is 18.3 Å². The molecular formula is C21H16ClN3O3S2. The van der Waals surface area contributed by atoms with Gasteiger partial charge in [0.05, 0.1) is 20.1 Å². The monoisotopic (exact) mass is 457 g/mol. The summed E-state index contributed by atoms with van der Waals surface area (Å²) in [6.45, 7) is 0. The predicted molar refractivity (Wildman–Crippen MR) is 119 cm³/mol. The average molecular weight is 458 g/mol. The Balaban J connectivity index is 1.59. The number of hydrogen-bond acceptors (Lipinski definition) is 4. The lowest BCUT2D eigenvalue weighted by Gasteiger charge is -2.08. The predicted octanol–water partition coefficient (Wildman–Crippen LogP) is 4.44. The molecule has 0 radical (unpaired) electrons. The number of thiazole rings is 1. The summed E-state index contributed by atoms with van der Waals surface area (Å²) in [5.74, 6) is -0.425. The van der Waals surface area contributed by atoms with E-state index in [2.05, 4.69) is 9.71 Å². The fourth-order valence-corrected chi connectivity index (χ4v) is 5.39. The van der Waals surface area contributed by atoms with Gasteiger partial charge >= 0.3 is 0 Å². The number of benzene rings is 3. The number of para-hydroxylation sites is 1. The molecule has 30 heavy (non-hydrogen) atoms. The molecule has 0 fully saturated rings. The Morgan fingerprint density at radius 2 is 1.70 bits per heavy atom. The molecule has 0 aliphatic rings. The lowest BCUT2D eigenvalue weighted by molar-refractivity contribution is 0.0998. The Labute approximate surface area is 182 Å². The highest BCUT2D eigenvalue weighted by Gasteiger charge is 2.14. The third-order valence-electron chi connectivity index (χ3n) is 4.41. The molecule has 6 nitrogen and oxygen atoms in total. The van der Waals surface area contributed by atoms with E-state index in [0.717, 1.165) is 10.2 Å². The van der Waals surface area contributed by atoms with E-state index in [4.69, 9.17) is 11.6 Å². The highest BCUT2D eigenvalue weighted by Crippen LogP contribution is 2.24. The SMILES string of the molecule is Cn1c(=NC(=O)c2ccc(NS(=O)(=O)c3ccccc3)cc2)sc2cccc(Cl)c21. The number of fused-ring (bicyclic) bond motifs is 1. The largest absolute Gasteiger partial charge is 0.318 e. The van der Waals surface area contributed by atoms with Gasteiger partial charge in [-0.05, 0) is 48.5 Å². The number of halogens is 1. The van der Waals surface area contributed by atoms with Crippen LogP contribution in [-0.4, -0.2) is 18.9 Å². The molecule has 0 bridgehead atoms. The van der Waals surface area contributed by atoms with Crippen LogP contribution < -0.4 is 9.52 Å². The Bertz CT molecular complexity index is 1410. The normalized spacial score (nSPS) is 12.3. The first-order chi connectivity index (χ1) is 14.3. The highest BCUT2D eigenvalue weighted by atomic mass is 35.5. The van der Waals surface area contributed by atoms with Crippen molar-refractivity contribution in [3.05, 3.63) is 88.2 Å². The third kappa shape index (κ3) is 4.02. The molecule has 1 aromatic heterocycles. The first kappa shape index (κ1) is 20.3. The number of anilines is 1. The van der Waals surface area contributed by atoms with Crippen molar-refractivity contribution in [3.8, 4) is 0 Å². The smallest absolute Gasteiger partial charge is 0.279 e. The van der Waals surface area contributed by atoms with E-state index in [1.54, 1.807) is 35.9 Å². The molecule has 9 heteroatoms. The zero-order valence-corrected chi connectivity index (χ0v) is 18.1. The van der Waals surface area contributed by atoms with Crippen LogP contribution in [0.3, 0.4) is 0 Å². The fourth-order valence-electron chi connectivity index (χ4n) is 2.91. The van der Waals surface area contributed by atoms with Crippen molar-refractivity contribution in [2.24, 2.45) is 12.0 Å².